The monoisotopic (exact) mass is 288 g/mol. The van der Waals surface area contributed by atoms with Crippen molar-refractivity contribution >= 4 is 29.3 Å². The fraction of sp³-hybridized carbons (Fsp3) is 0.0667. The van der Waals surface area contributed by atoms with E-state index >= 15 is 0 Å². The molecule has 1 amide bonds. The molecular formula is C15H13ClN2O2. The summed E-state index contributed by atoms with van der Waals surface area (Å²) in [5, 5.41) is 3.03. The number of carbonyl (C=O) groups is 1. The van der Waals surface area contributed by atoms with Crippen molar-refractivity contribution in [2.75, 3.05) is 12.4 Å². The van der Waals surface area contributed by atoms with Crippen molar-refractivity contribution in [3.8, 4) is 5.75 Å². The largest absolute Gasteiger partial charge is 0.497 e. The molecule has 0 spiro atoms. The second-order valence-electron chi connectivity index (χ2n) is 3.97. The Morgan fingerprint density at radius 2 is 2.20 bits per heavy atom. The van der Waals surface area contributed by atoms with Crippen molar-refractivity contribution in [3.63, 3.8) is 0 Å². The number of hydrogen-bond donors (Lipinski definition) is 1. The zero-order chi connectivity index (χ0) is 14.4. The van der Waals surface area contributed by atoms with Crippen LogP contribution in [0.2, 0.25) is 5.15 Å². The third kappa shape index (κ3) is 4.10. The van der Waals surface area contributed by atoms with Crippen molar-refractivity contribution < 1.29 is 9.53 Å². The number of aromatic nitrogens is 1. The minimum absolute atomic E-state index is 0.241. The van der Waals surface area contributed by atoms with Crippen molar-refractivity contribution in [2.45, 2.75) is 0 Å². The Kier molecular flexibility index (Phi) is 4.74. The fourth-order valence-corrected chi connectivity index (χ4v) is 1.76. The van der Waals surface area contributed by atoms with Gasteiger partial charge in [-0.1, -0.05) is 23.7 Å². The molecule has 5 heteroatoms. The molecule has 2 aromatic rings. The van der Waals surface area contributed by atoms with E-state index in [4.69, 9.17) is 16.3 Å². The van der Waals surface area contributed by atoms with Gasteiger partial charge in [-0.05, 0) is 35.9 Å². The normalized spacial score (nSPS) is 10.5. The van der Waals surface area contributed by atoms with Crippen LogP contribution < -0.4 is 10.1 Å². The van der Waals surface area contributed by atoms with Crippen molar-refractivity contribution in [1.29, 1.82) is 0 Å². The van der Waals surface area contributed by atoms with Gasteiger partial charge in [0, 0.05) is 18.0 Å². The molecule has 0 saturated carbocycles. The van der Waals surface area contributed by atoms with E-state index in [2.05, 4.69) is 10.3 Å². The minimum Gasteiger partial charge on any atom is -0.497 e. The van der Waals surface area contributed by atoms with Gasteiger partial charge in [0.05, 0.1) is 7.11 Å². The Bertz CT molecular complexity index is 641. The van der Waals surface area contributed by atoms with Crippen LogP contribution in [0.1, 0.15) is 5.56 Å². The highest BCUT2D eigenvalue weighted by atomic mass is 35.5. The van der Waals surface area contributed by atoms with Gasteiger partial charge in [0.1, 0.15) is 10.9 Å². The Labute approximate surface area is 122 Å². The Hall–Kier alpha value is -2.33. The number of carbonyl (C=O) groups excluding carboxylic acids is 1. The number of rotatable bonds is 4. The summed E-state index contributed by atoms with van der Waals surface area (Å²) in [4.78, 5) is 15.6. The minimum atomic E-state index is -0.241. The molecule has 2 rings (SSSR count). The van der Waals surface area contributed by atoms with E-state index in [1.807, 2.05) is 24.3 Å². The maximum absolute atomic E-state index is 11.8. The van der Waals surface area contributed by atoms with Crippen LogP contribution in [0.25, 0.3) is 6.08 Å². The van der Waals surface area contributed by atoms with E-state index in [1.54, 1.807) is 25.3 Å². The number of benzene rings is 1. The van der Waals surface area contributed by atoms with Gasteiger partial charge < -0.3 is 10.1 Å². The standard InChI is InChI=1S/C15H13ClN2O2/c1-20-13-4-2-3-11(9-13)5-6-15(19)18-12-7-8-17-14(16)10-12/h2-10H,1H3,(H,17,18,19)/b6-5+. The van der Waals surface area contributed by atoms with Crippen molar-refractivity contribution in [3.05, 3.63) is 59.4 Å². The molecule has 0 radical (unpaired) electrons. The third-order valence-electron chi connectivity index (χ3n) is 2.52. The van der Waals surface area contributed by atoms with Crippen LogP contribution in [0.3, 0.4) is 0 Å². The summed E-state index contributed by atoms with van der Waals surface area (Å²) in [6.07, 6.45) is 4.69. The number of methoxy groups -OCH3 is 1. The van der Waals surface area contributed by atoms with Gasteiger partial charge in [0.2, 0.25) is 5.91 Å². The lowest BCUT2D eigenvalue weighted by atomic mass is 10.2. The number of halogens is 1. The van der Waals surface area contributed by atoms with Gasteiger partial charge in [-0.25, -0.2) is 4.98 Å². The van der Waals surface area contributed by atoms with Gasteiger partial charge >= 0.3 is 0 Å². The van der Waals surface area contributed by atoms with Crippen molar-refractivity contribution in [1.82, 2.24) is 4.98 Å². The molecular weight excluding hydrogens is 276 g/mol. The molecule has 4 nitrogen and oxygen atoms in total. The van der Waals surface area contributed by atoms with Gasteiger partial charge in [0.25, 0.3) is 0 Å². The van der Waals surface area contributed by atoms with Crippen LogP contribution in [0.5, 0.6) is 5.75 Å². The summed E-state index contributed by atoms with van der Waals surface area (Å²) in [5.41, 5.74) is 1.48. The average molecular weight is 289 g/mol. The second-order valence-corrected chi connectivity index (χ2v) is 4.35. The number of nitrogens with zero attached hydrogens (tertiary/aromatic N) is 1. The zero-order valence-electron chi connectivity index (χ0n) is 10.8. The lowest BCUT2D eigenvalue weighted by Crippen LogP contribution is -2.07. The summed E-state index contributed by atoms with van der Waals surface area (Å²) in [5.74, 6) is 0.503. The molecule has 102 valence electrons. The quantitative estimate of drug-likeness (QED) is 0.693. The highest BCUT2D eigenvalue weighted by molar-refractivity contribution is 6.29. The zero-order valence-corrected chi connectivity index (χ0v) is 11.6. The van der Waals surface area contributed by atoms with Crippen molar-refractivity contribution in [2.24, 2.45) is 0 Å². The molecule has 1 aromatic heterocycles. The first-order valence-electron chi connectivity index (χ1n) is 5.92. The molecule has 20 heavy (non-hydrogen) atoms. The highest BCUT2D eigenvalue weighted by Gasteiger charge is 1.99. The van der Waals surface area contributed by atoms with Gasteiger partial charge in [-0.15, -0.1) is 0 Å². The van der Waals surface area contributed by atoms with Crippen LogP contribution >= 0.6 is 11.6 Å². The fourth-order valence-electron chi connectivity index (χ4n) is 1.58. The lowest BCUT2D eigenvalue weighted by molar-refractivity contribution is -0.111. The number of ether oxygens (including phenoxy) is 1. The van der Waals surface area contributed by atoms with Crippen LogP contribution in [-0.2, 0) is 4.79 Å². The number of nitrogens with one attached hydrogen (secondary N) is 1. The first-order chi connectivity index (χ1) is 9.67. The predicted octanol–water partition coefficient (Wildman–Crippen LogP) is 3.40. The van der Waals surface area contributed by atoms with Crippen LogP contribution in [0, 0.1) is 0 Å². The van der Waals surface area contributed by atoms with Crippen LogP contribution in [-0.4, -0.2) is 18.0 Å². The molecule has 1 N–H and O–H groups in total. The van der Waals surface area contributed by atoms with E-state index in [1.165, 1.54) is 12.3 Å². The second kappa shape index (κ2) is 6.73. The van der Waals surface area contributed by atoms with E-state index in [0.717, 1.165) is 11.3 Å². The molecule has 0 bridgehead atoms. The average Bonchev–Trinajstić information content (AvgIpc) is 2.45. The molecule has 1 aromatic carbocycles. The molecule has 0 aliphatic rings. The maximum Gasteiger partial charge on any atom is 0.248 e. The summed E-state index contributed by atoms with van der Waals surface area (Å²) in [6.45, 7) is 0. The first-order valence-corrected chi connectivity index (χ1v) is 6.30. The van der Waals surface area contributed by atoms with E-state index in [9.17, 15) is 4.79 Å². The Morgan fingerprint density at radius 3 is 2.95 bits per heavy atom. The Morgan fingerprint density at radius 1 is 1.35 bits per heavy atom. The number of anilines is 1. The molecule has 0 atom stereocenters. The summed E-state index contributed by atoms with van der Waals surface area (Å²) in [7, 11) is 1.60. The molecule has 0 aliphatic heterocycles. The van der Waals surface area contributed by atoms with E-state index in [0.29, 0.717) is 10.8 Å². The molecule has 0 aliphatic carbocycles. The molecule has 0 unspecified atom stereocenters. The maximum atomic E-state index is 11.8. The molecule has 1 heterocycles. The van der Waals surface area contributed by atoms with Crippen LogP contribution in [0.15, 0.2) is 48.7 Å². The van der Waals surface area contributed by atoms with Gasteiger partial charge in [-0.3, -0.25) is 4.79 Å². The summed E-state index contributed by atoms with van der Waals surface area (Å²) < 4.78 is 5.11. The Balaban J connectivity index is 2.02. The highest BCUT2D eigenvalue weighted by Crippen LogP contribution is 2.14. The first kappa shape index (κ1) is 14.1. The summed E-state index contributed by atoms with van der Waals surface area (Å²) >= 11 is 5.74. The van der Waals surface area contributed by atoms with E-state index in [-0.39, 0.29) is 5.91 Å². The van der Waals surface area contributed by atoms with Gasteiger partial charge in [0.15, 0.2) is 0 Å². The smallest absolute Gasteiger partial charge is 0.248 e. The van der Waals surface area contributed by atoms with Gasteiger partial charge in [-0.2, -0.15) is 0 Å². The molecule has 0 saturated heterocycles. The SMILES string of the molecule is COc1cccc(/C=C/C(=O)Nc2ccnc(Cl)c2)c1. The van der Waals surface area contributed by atoms with Crippen LogP contribution in [0.4, 0.5) is 5.69 Å². The topological polar surface area (TPSA) is 51.2 Å². The molecule has 0 fully saturated rings. The number of hydrogen-bond acceptors (Lipinski definition) is 3. The lowest BCUT2D eigenvalue weighted by Gasteiger charge is -2.02. The van der Waals surface area contributed by atoms with E-state index < -0.39 is 0 Å². The third-order valence-corrected chi connectivity index (χ3v) is 2.72. The number of pyridine rings is 1. The predicted molar refractivity (Wildman–Crippen MR) is 79.9 cm³/mol. The summed E-state index contributed by atoms with van der Waals surface area (Å²) in [6, 6.07) is 10.7. The number of amides is 1.